The number of rotatable bonds is 18. The summed E-state index contributed by atoms with van der Waals surface area (Å²) in [4.78, 5) is 55.8. The molecule has 1 aliphatic heterocycles. The Kier molecular flexibility index (Phi) is 19.1. The third-order valence-corrected chi connectivity index (χ3v) is 7.01. The third kappa shape index (κ3) is 20.2. The van der Waals surface area contributed by atoms with Gasteiger partial charge in [0.2, 0.25) is 5.91 Å². The van der Waals surface area contributed by atoms with Gasteiger partial charge in [0.15, 0.2) is 0 Å². The van der Waals surface area contributed by atoms with Gasteiger partial charge in [0.05, 0.1) is 19.6 Å². The van der Waals surface area contributed by atoms with E-state index >= 15 is 0 Å². The SMILES string of the molecule is CC(C)CCCNC(=O)CCN(C)CCNCN1CCN(CC(=O)O)CCN(CC(=O)O)CCN(CC(=O)O)CC1. The highest BCUT2D eigenvalue weighted by molar-refractivity contribution is 5.76. The number of likely N-dealkylation sites (N-methyl/N-ethyl adjacent to an activating group) is 1. The molecule has 0 radical (unpaired) electrons. The number of nitrogens with one attached hydrogen (secondary N) is 2. The van der Waals surface area contributed by atoms with Gasteiger partial charge in [-0.2, -0.15) is 0 Å². The van der Waals surface area contributed by atoms with Crippen LogP contribution in [0.25, 0.3) is 0 Å². The molecule has 0 saturated carbocycles. The second-order valence-electron chi connectivity index (χ2n) is 11.2. The molecule has 238 valence electrons. The number of carbonyl (C=O) groups excluding carboxylic acids is 1. The van der Waals surface area contributed by atoms with Crippen LogP contribution < -0.4 is 10.6 Å². The Hall–Kier alpha value is -2.36. The Morgan fingerprint density at radius 1 is 0.707 bits per heavy atom. The lowest BCUT2D eigenvalue weighted by Crippen LogP contribution is -2.50. The van der Waals surface area contributed by atoms with Crippen LogP contribution >= 0.6 is 0 Å². The van der Waals surface area contributed by atoms with Crippen molar-refractivity contribution in [2.24, 2.45) is 5.92 Å². The molecule has 1 aliphatic rings. The molecule has 1 saturated heterocycles. The van der Waals surface area contributed by atoms with E-state index in [0.29, 0.717) is 91.0 Å². The minimum Gasteiger partial charge on any atom is -0.480 e. The summed E-state index contributed by atoms with van der Waals surface area (Å²) >= 11 is 0. The van der Waals surface area contributed by atoms with Crippen molar-refractivity contribution >= 4 is 23.8 Å². The van der Waals surface area contributed by atoms with E-state index in [1.165, 1.54) is 0 Å². The van der Waals surface area contributed by atoms with Crippen molar-refractivity contribution in [2.45, 2.75) is 33.1 Å². The average Bonchev–Trinajstić information content (AvgIpc) is 2.87. The summed E-state index contributed by atoms with van der Waals surface area (Å²) in [6.07, 6.45) is 2.54. The Labute approximate surface area is 244 Å². The lowest BCUT2D eigenvalue weighted by atomic mass is 10.1. The van der Waals surface area contributed by atoms with E-state index in [0.717, 1.165) is 19.4 Å². The molecular formula is C27H53N7O7. The minimum atomic E-state index is -0.977. The fourth-order valence-electron chi connectivity index (χ4n) is 4.52. The van der Waals surface area contributed by atoms with E-state index in [9.17, 15) is 34.5 Å². The lowest BCUT2D eigenvalue weighted by molar-refractivity contribution is -0.140. The van der Waals surface area contributed by atoms with Crippen molar-refractivity contribution in [1.29, 1.82) is 0 Å². The maximum Gasteiger partial charge on any atom is 0.317 e. The van der Waals surface area contributed by atoms with Crippen LogP contribution in [0.4, 0.5) is 0 Å². The maximum atomic E-state index is 12.1. The first-order valence-corrected chi connectivity index (χ1v) is 14.6. The van der Waals surface area contributed by atoms with E-state index in [4.69, 9.17) is 0 Å². The highest BCUT2D eigenvalue weighted by Crippen LogP contribution is 2.02. The van der Waals surface area contributed by atoms with Gasteiger partial charge in [-0.05, 0) is 25.8 Å². The largest absolute Gasteiger partial charge is 0.480 e. The molecule has 0 bridgehead atoms. The number of hydrogen-bond donors (Lipinski definition) is 5. The van der Waals surface area contributed by atoms with Crippen molar-refractivity contribution in [3.8, 4) is 0 Å². The molecular weight excluding hydrogens is 534 g/mol. The van der Waals surface area contributed by atoms with Crippen LogP contribution in [0.15, 0.2) is 0 Å². The fraction of sp³-hybridized carbons (Fsp3) is 0.852. The van der Waals surface area contributed by atoms with Crippen LogP contribution in [-0.4, -0.2) is 176 Å². The molecule has 0 aromatic rings. The summed E-state index contributed by atoms with van der Waals surface area (Å²) in [6.45, 7) is 10.9. The van der Waals surface area contributed by atoms with Gasteiger partial charge in [-0.15, -0.1) is 0 Å². The van der Waals surface area contributed by atoms with Crippen molar-refractivity contribution in [2.75, 3.05) is 112 Å². The molecule has 0 unspecified atom stereocenters. The summed E-state index contributed by atoms with van der Waals surface area (Å²) in [5, 5.41) is 34.4. The van der Waals surface area contributed by atoms with Gasteiger partial charge in [-0.1, -0.05) is 13.8 Å². The molecule has 0 aliphatic carbocycles. The van der Waals surface area contributed by atoms with Gasteiger partial charge < -0.3 is 30.9 Å². The van der Waals surface area contributed by atoms with Gasteiger partial charge in [0.25, 0.3) is 0 Å². The zero-order valence-electron chi connectivity index (χ0n) is 25.2. The molecule has 0 spiro atoms. The minimum absolute atomic E-state index is 0.0656. The first kappa shape index (κ1) is 36.7. The number of amides is 1. The van der Waals surface area contributed by atoms with Gasteiger partial charge in [0, 0.05) is 91.6 Å². The molecule has 1 rings (SSSR count). The van der Waals surface area contributed by atoms with Gasteiger partial charge >= 0.3 is 17.9 Å². The van der Waals surface area contributed by atoms with E-state index in [1.807, 2.05) is 16.8 Å². The molecule has 14 heteroatoms. The summed E-state index contributed by atoms with van der Waals surface area (Å²) in [6, 6.07) is 0. The third-order valence-electron chi connectivity index (χ3n) is 7.01. The Balaban J connectivity index is 2.59. The van der Waals surface area contributed by atoms with Gasteiger partial charge in [-0.25, -0.2) is 0 Å². The molecule has 1 amide bonds. The first-order valence-electron chi connectivity index (χ1n) is 14.6. The van der Waals surface area contributed by atoms with E-state index in [-0.39, 0.29) is 25.5 Å². The van der Waals surface area contributed by atoms with Crippen molar-refractivity contribution in [3.05, 3.63) is 0 Å². The van der Waals surface area contributed by atoms with Crippen molar-refractivity contribution in [1.82, 2.24) is 35.1 Å². The zero-order valence-corrected chi connectivity index (χ0v) is 25.2. The number of carbonyl (C=O) groups is 4. The monoisotopic (exact) mass is 587 g/mol. The Morgan fingerprint density at radius 3 is 1.56 bits per heavy atom. The second-order valence-corrected chi connectivity index (χ2v) is 11.2. The number of hydrogen-bond acceptors (Lipinski definition) is 10. The van der Waals surface area contributed by atoms with E-state index in [2.05, 4.69) is 34.3 Å². The number of aliphatic carboxylic acids is 3. The topological polar surface area (TPSA) is 169 Å². The summed E-state index contributed by atoms with van der Waals surface area (Å²) in [5.74, 6) is -2.15. The summed E-state index contributed by atoms with van der Waals surface area (Å²) < 4.78 is 0. The fourth-order valence-corrected chi connectivity index (χ4v) is 4.52. The normalized spacial score (nSPS) is 17.3. The van der Waals surface area contributed by atoms with Crippen LogP contribution in [0.5, 0.6) is 0 Å². The van der Waals surface area contributed by atoms with Crippen LogP contribution in [-0.2, 0) is 19.2 Å². The number of carboxylic acids is 3. The smallest absolute Gasteiger partial charge is 0.317 e. The zero-order chi connectivity index (χ0) is 30.6. The molecule has 0 aromatic carbocycles. The Bertz CT molecular complexity index is 755. The average molecular weight is 588 g/mol. The molecule has 5 N–H and O–H groups in total. The standard InChI is InChI=1S/C27H53N7O7/c1-23(2)5-4-7-29-24(35)6-9-30(3)10-8-28-22-34-17-15-32(20-26(38)39)13-11-31(19-25(36)37)12-14-33(16-18-34)21-27(40)41/h23,28H,4-22H2,1-3H3,(H,29,35)(H,36,37)(H,38,39)(H,40,41). The Morgan fingerprint density at radius 2 is 1.15 bits per heavy atom. The quantitative estimate of drug-likeness (QED) is 0.122. The van der Waals surface area contributed by atoms with Crippen LogP contribution in [0.3, 0.4) is 0 Å². The van der Waals surface area contributed by atoms with Gasteiger partial charge in [-0.3, -0.25) is 38.8 Å². The highest BCUT2D eigenvalue weighted by atomic mass is 16.4. The molecule has 41 heavy (non-hydrogen) atoms. The van der Waals surface area contributed by atoms with E-state index < -0.39 is 17.9 Å². The first-order chi connectivity index (χ1) is 19.4. The van der Waals surface area contributed by atoms with E-state index in [1.54, 1.807) is 4.90 Å². The highest BCUT2D eigenvalue weighted by Gasteiger charge is 2.20. The number of nitrogens with zero attached hydrogens (tertiary/aromatic N) is 5. The molecule has 0 atom stereocenters. The van der Waals surface area contributed by atoms with Crippen molar-refractivity contribution < 1.29 is 34.5 Å². The molecule has 1 heterocycles. The summed E-state index contributed by atoms with van der Waals surface area (Å²) in [5.41, 5.74) is 0. The van der Waals surface area contributed by atoms with Crippen LogP contribution in [0.1, 0.15) is 33.1 Å². The van der Waals surface area contributed by atoms with Gasteiger partial charge in [0.1, 0.15) is 0 Å². The maximum absolute atomic E-state index is 12.1. The molecule has 0 aromatic heterocycles. The van der Waals surface area contributed by atoms with Crippen LogP contribution in [0, 0.1) is 5.92 Å². The predicted octanol–water partition coefficient (Wildman–Crippen LogP) is -1.12. The molecule has 1 fully saturated rings. The van der Waals surface area contributed by atoms with Crippen LogP contribution in [0.2, 0.25) is 0 Å². The second kappa shape index (κ2) is 21.4. The summed E-state index contributed by atoms with van der Waals surface area (Å²) in [7, 11) is 1.98. The lowest BCUT2D eigenvalue weighted by Gasteiger charge is -2.33. The number of carboxylic acid groups (broad SMARTS) is 3. The predicted molar refractivity (Wildman–Crippen MR) is 156 cm³/mol. The van der Waals surface area contributed by atoms with Crippen molar-refractivity contribution in [3.63, 3.8) is 0 Å². The molecule has 14 nitrogen and oxygen atoms in total.